The van der Waals surface area contributed by atoms with Crippen molar-refractivity contribution < 1.29 is 17.6 Å². The molecule has 1 heterocycles. The van der Waals surface area contributed by atoms with Gasteiger partial charge in [0.15, 0.2) is 5.78 Å². The van der Waals surface area contributed by atoms with Crippen LogP contribution in [-0.4, -0.2) is 50.9 Å². The van der Waals surface area contributed by atoms with Crippen LogP contribution in [-0.2, 0) is 10.0 Å². The largest absolute Gasteiger partial charge is 0.368 e. The van der Waals surface area contributed by atoms with E-state index in [1.54, 1.807) is 13.0 Å². The van der Waals surface area contributed by atoms with Gasteiger partial charge in [0.05, 0.1) is 6.26 Å². The van der Waals surface area contributed by atoms with Gasteiger partial charge in [-0.1, -0.05) is 0 Å². The van der Waals surface area contributed by atoms with Crippen LogP contribution in [0.5, 0.6) is 0 Å². The average molecular weight is 314 g/mol. The number of carbonyl (C=O) groups is 1. The van der Waals surface area contributed by atoms with Crippen LogP contribution in [0.1, 0.15) is 22.8 Å². The summed E-state index contributed by atoms with van der Waals surface area (Å²) in [4.78, 5) is 13.6. The van der Waals surface area contributed by atoms with E-state index in [9.17, 15) is 17.6 Å². The number of sulfonamides is 1. The fraction of sp³-hybridized carbons (Fsp3) is 0.500. The third kappa shape index (κ3) is 3.41. The maximum atomic E-state index is 13.6. The minimum atomic E-state index is -3.19. The lowest BCUT2D eigenvalue weighted by molar-refractivity contribution is 0.101. The van der Waals surface area contributed by atoms with Gasteiger partial charge in [-0.15, -0.1) is 0 Å². The Bertz CT molecular complexity index is 665. The van der Waals surface area contributed by atoms with E-state index >= 15 is 0 Å². The number of nitrogens with zero attached hydrogens (tertiary/aromatic N) is 2. The molecular formula is C14H19FN2O3S. The number of carbonyl (C=O) groups excluding carboxylic acids is 1. The minimum absolute atomic E-state index is 0.200. The summed E-state index contributed by atoms with van der Waals surface area (Å²) < 4.78 is 38.1. The Morgan fingerprint density at radius 2 is 1.76 bits per heavy atom. The van der Waals surface area contributed by atoms with E-state index in [-0.39, 0.29) is 5.78 Å². The normalized spacial score (nSPS) is 17.0. The molecule has 0 amide bonds. The SMILES string of the molecule is CC(=O)c1cc(F)c(C)cc1N1CCN(S(C)(=O)=O)CC1. The van der Waals surface area contributed by atoms with Crippen molar-refractivity contribution in [1.82, 2.24) is 4.31 Å². The van der Waals surface area contributed by atoms with Crippen molar-refractivity contribution in [3.05, 3.63) is 29.1 Å². The maximum Gasteiger partial charge on any atom is 0.211 e. The Labute approximate surface area is 124 Å². The number of hydrogen-bond acceptors (Lipinski definition) is 4. The van der Waals surface area contributed by atoms with Crippen LogP contribution >= 0.6 is 0 Å². The first kappa shape index (κ1) is 15.9. The summed E-state index contributed by atoms with van der Waals surface area (Å²) in [7, 11) is -3.19. The quantitative estimate of drug-likeness (QED) is 0.792. The average Bonchev–Trinajstić information content (AvgIpc) is 2.40. The predicted octanol–water partition coefficient (Wildman–Crippen LogP) is 1.42. The topological polar surface area (TPSA) is 57.7 Å². The molecule has 1 aliphatic rings. The Morgan fingerprint density at radius 3 is 2.24 bits per heavy atom. The number of piperazine rings is 1. The zero-order valence-electron chi connectivity index (χ0n) is 12.4. The molecule has 1 aliphatic heterocycles. The zero-order valence-corrected chi connectivity index (χ0v) is 13.2. The van der Waals surface area contributed by atoms with Gasteiger partial charge in [-0.05, 0) is 31.5 Å². The van der Waals surface area contributed by atoms with E-state index in [2.05, 4.69) is 0 Å². The van der Waals surface area contributed by atoms with Crippen LogP contribution in [0.4, 0.5) is 10.1 Å². The lowest BCUT2D eigenvalue weighted by atomic mass is 10.0. The van der Waals surface area contributed by atoms with Gasteiger partial charge < -0.3 is 4.90 Å². The van der Waals surface area contributed by atoms with Gasteiger partial charge in [0.25, 0.3) is 0 Å². The fourth-order valence-electron chi connectivity index (χ4n) is 2.47. The van der Waals surface area contributed by atoms with Crippen LogP contribution in [0.2, 0.25) is 0 Å². The molecule has 116 valence electrons. The minimum Gasteiger partial charge on any atom is -0.368 e. The van der Waals surface area contributed by atoms with E-state index < -0.39 is 15.8 Å². The van der Waals surface area contributed by atoms with Crippen LogP contribution in [0, 0.1) is 12.7 Å². The van der Waals surface area contributed by atoms with Crippen LogP contribution in [0.15, 0.2) is 12.1 Å². The van der Waals surface area contributed by atoms with Crippen molar-refractivity contribution in [2.24, 2.45) is 0 Å². The number of rotatable bonds is 3. The molecule has 0 aliphatic carbocycles. The van der Waals surface area contributed by atoms with Crippen LogP contribution in [0.25, 0.3) is 0 Å². The van der Waals surface area contributed by atoms with Crippen molar-refractivity contribution in [2.45, 2.75) is 13.8 Å². The Kier molecular flexibility index (Phi) is 4.34. The molecule has 0 saturated carbocycles. The van der Waals surface area contributed by atoms with Gasteiger partial charge in [-0.25, -0.2) is 12.8 Å². The maximum absolute atomic E-state index is 13.6. The lowest BCUT2D eigenvalue weighted by Crippen LogP contribution is -2.48. The van der Waals surface area contributed by atoms with Crippen molar-refractivity contribution in [3.63, 3.8) is 0 Å². The van der Waals surface area contributed by atoms with Crippen molar-refractivity contribution in [3.8, 4) is 0 Å². The summed E-state index contributed by atoms with van der Waals surface area (Å²) in [5.74, 6) is -0.604. The van der Waals surface area contributed by atoms with Crippen molar-refractivity contribution >= 4 is 21.5 Å². The third-order valence-electron chi connectivity index (χ3n) is 3.70. The summed E-state index contributed by atoms with van der Waals surface area (Å²) in [5.41, 5.74) is 1.49. The number of ketones is 1. The molecule has 1 fully saturated rings. The number of halogens is 1. The summed E-state index contributed by atoms with van der Waals surface area (Å²) >= 11 is 0. The first-order valence-electron chi connectivity index (χ1n) is 6.71. The predicted molar refractivity (Wildman–Crippen MR) is 79.8 cm³/mol. The smallest absolute Gasteiger partial charge is 0.211 e. The number of Topliss-reactive ketones (excluding diaryl/α,β-unsaturated/α-hetero) is 1. The molecule has 0 N–H and O–H groups in total. The van der Waals surface area contributed by atoms with E-state index in [0.29, 0.717) is 43.0 Å². The number of aryl methyl sites for hydroxylation is 1. The molecule has 21 heavy (non-hydrogen) atoms. The first-order chi connectivity index (χ1) is 9.70. The van der Waals surface area contributed by atoms with E-state index in [0.717, 1.165) is 0 Å². The van der Waals surface area contributed by atoms with Crippen LogP contribution < -0.4 is 4.90 Å². The van der Waals surface area contributed by atoms with Gasteiger partial charge in [0.2, 0.25) is 10.0 Å². The highest BCUT2D eigenvalue weighted by Crippen LogP contribution is 2.26. The van der Waals surface area contributed by atoms with E-state index in [4.69, 9.17) is 0 Å². The summed E-state index contributed by atoms with van der Waals surface area (Å²) in [5, 5.41) is 0. The zero-order chi connectivity index (χ0) is 15.8. The van der Waals surface area contributed by atoms with Crippen molar-refractivity contribution in [2.75, 3.05) is 37.3 Å². The second kappa shape index (κ2) is 5.73. The van der Waals surface area contributed by atoms with Gasteiger partial charge in [-0.2, -0.15) is 4.31 Å². The summed E-state index contributed by atoms with van der Waals surface area (Å²) in [6, 6.07) is 2.91. The monoisotopic (exact) mass is 314 g/mol. The van der Waals surface area contributed by atoms with E-state index in [1.165, 1.54) is 23.6 Å². The second-order valence-corrected chi connectivity index (χ2v) is 7.31. The molecule has 5 nitrogen and oxygen atoms in total. The number of hydrogen-bond donors (Lipinski definition) is 0. The Hall–Kier alpha value is -1.47. The van der Waals surface area contributed by atoms with Gasteiger partial charge in [-0.3, -0.25) is 4.79 Å². The fourth-order valence-corrected chi connectivity index (χ4v) is 3.30. The van der Waals surface area contributed by atoms with Crippen molar-refractivity contribution in [1.29, 1.82) is 0 Å². The van der Waals surface area contributed by atoms with Gasteiger partial charge in [0, 0.05) is 37.4 Å². The van der Waals surface area contributed by atoms with E-state index in [1.807, 2.05) is 4.90 Å². The molecule has 0 radical (unpaired) electrons. The lowest BCUT2D eigenvalue weighted by Gasteiger charge is -2.35. The van der Waals surface area contributed by atoms with Gasteiger partial charge >= 0.3 is 0 Å². The Morgan fingerprint density at radius 1 is 1.19 bits per heavy atom. The molecule has 1 saturated heterocycles. The third-order valence-corrected chi connectivity index (χ3v) is 5.01. The molecular weight excluding hydrogens is 295 g/mol. The Balaban J connectivity index is 2.28. The van der Waals surface area contributed by atoms with Crippen LogP contribution in [0.3, 0.4) is 0 Å². The highest BCUT2D eigenvalue weighted by molar-refractivity contribution is 7.88. The first-order valence-corrected chi connectivity index (χ1v) is 8.56. The van der Waals surface area contributed by atoms with Gasteiger partial charge in [0.1, 0.15) is 5.82 Å². The molecule has 1 aromatic carbocycles. The molecule has 0 spiro atoms. The molecule has 2 rings (SSSR count). The second-order valence-electron chi connectivity index (χ2n) is 5.32. The summed E-state index contributed by atoms with van der Waals surface area (Å²) in [6.45, 7) is 4.76. The number of anilines is 1. The molecule has 0 aromatic heterocycles. The standard InChI is InChI=1S/C14H19FN2O3S/c1-10-8-14(12(11(2)18)9-13(10)15)16-4-6-17(7-5-16)21(3,19)20/h8-9H,4-7H2,1-3H3. The highest BCUT2D eigenvalue weighted by Gasteiger charge is 2.25. The molecule has 1 aromatic rings. The molecule has 0 atom stereocenters. The molecule has 0 bridgehead atoms. The number of benzene rings is 1. The molecule has 0 unspecified atom stereocenters. The summed E-state index contributed by atoms with van der Waals surface area (Å²) in [6.07, 6.45) is 1.19. The molecule has 7 heteroatoms. The highest BCUT2D eigenvalue weighted by atomic mass is 32.2.